The molecule has 1 aliphatic heterocycles. The van der Waals surface area contributed by atoms with Gasteiger partial charge in [0.1, 0.15) is 0 Å². The summed E-state index contributed by atoms with van der Waals surface area (Å²) in [6, 6.07) is 2.05. The van der Waals surface area contributed by atoms with Crippen molar-refractivity contribution in [2.24, 2.45) is 0 Å². The van der Waals surface area contributed by atoms with Crippen molar-refractivity contribution in [3.63, 3.8) is 0 Å². The van der Waals surface area contributed by atoms with Gasteiger partial charge in [-0.05, 0) is 24.6 Å². The zero-order valence-corrected chi connectivity index (χ0v) is 10.3. The molecule has 1 N–H and O–H groups in total. The number of amides is 1. The fraction of sp³-hybridized carbons (Fsp3) is 0.385. The zero-order chi connectivity index (χ0) is 12.4. The monoisotopic (exact) mass is 231 g/mol. The number of anilines is 1. The summed E-state index contributed by atoms with van der Waals surface area (Å²) in [7, 11) is 1.75. The predicted molar refractivity (Wildman–Crippen MR) is 68.0 cm³/mol. The predicted octanol–water partition coefficient (Wildman–Crippen LogP) is 1.18. The Hall–Kier alpha value is -1.68. The van der Waals surface area contributed by atoms with Crippen molar-refractivity contribution in [3.05, 3.63) is 35.7 Å². The van der Waals surface area contributed by atoms with E-state index in [4.69, 9.17) is 0 Å². The van der Waals surface area contributed by atoms with Crippen LogP contribution in [0.4, 0.5) is 5.69 Å². The van der Waals surface area contributed by atoms with Crippen LogP contribution in [0.3, 0.4) is 0 Å². The summed E-state index contributed by atoms with van der Waals surface area (Å²) >= 11 is 0. The minimum Gasteiger partial charge on any atom is -0.312 e. The number of aromatic nitrogens is 1. The molecule has 0 radical (unpaired) electrons. The molecule has 0 bridgehead atoms. The van der Waals surface area contributed by atoms with Gasteiger partial charge in [-0.1, -0.05) is 6.58 Å². The van der Waals surface area contributed by atoms with Gasteiger partial charge < -0.3 is 10.2 Å². The van der Waals surface area contributed by atoms with Gasteiger partial charge in [0.25, 0.3) is 0 Å². The number of hydrogen-bond acceptors (Lipinski definition) is 3. The van der Waals surface area contributed by atoms with E-state index >= 15 is 0 Å². The molecule has 1 aliphatic rings. The molecular weight excluding hydrogens is 214 g/mol. The molecule has 4 nitrogen and oxygen atoms in total. The summed E-state index contributed by atoms with van der Waals surface area (Å²) in [5.41, 5.74) is 4.07. The van der Waals surface area contributed by atoms with Crippen LogP contribution in [-0.4, -0.2) is 24.5 Å². The van der Waals surface area contributed by atoms with E-state index in [0.29, 0.717) is 0 Å². The Morgan fingerprint density at radius 3 is 3.12 bits per heavy atom. The highest BCUT2D eigenvalue weighted by atomic mass is 16.2. The van der Waals surface area contributed by atoms with Crippen LogP contribution in [0.1, 0.15) is 17.0 Å². The van der Waals surface area contributed by atoms with Crippen molar-refractivity contribution in [1.82, 2.24) is 10.3 Å². The Bertz CT molecular complexity index is 468. The normalized spacial score (nSPS) is 14.0. The number of carbonyl (C=O) groups is 1. The lowest BCUT2D eigenvalue weighted by atomic mass is 10.1. The molecule has 1 aromatic heterocycles. The Kier molecular flexibility index (Phi) is 3.24. The Morgan fingerprint density at radius 2 is 2.41 bits per heavy atom. The maximum atomic E-state index is 11.6. The second-order valence-electron chi connectivity index (χ2n) is 4.23. The number of nitrogens with one attached hydrogen (secondary N) is 1. The van der Waals surface area contributed by atoms with E-state index < -0.39 is 0 Å². The average Bonchev–Trinajstić information content (AvgIpc) is 2.36. The first kappa shape index (κ1) is 11.8. The third kappa shape index (κ3) is 2.22. The Labute approximate surface area is 101 Å². The number of pyridine rings is 1. The van der Waals surface area contributed by atoms with Crippen LogP contribution < -0.4 is 10.2 Å². The molecule has 1 amide bonds. The third-order valence-corrected chi connectivity index (χ3v) is 3.08. The molecule has 0 unspecified atom stereocenters. The van der Waals surface area contributed by atoms with E-state index in [-0.39, 0.29) is 5.91 Å². The van der Waals surface area contributed by atoms with Gasteiger partial charge in [0.2, 0.25) is 5.91 Å². The zero-order valence-electron chi connectivity index (χ0n) is 10.3. The van der Waals surface area contributed by atoms with Gasteiger partial charge in [0.15, 0.2) is 0 Å². The molecule has 90 valence electrons. The van der Waals surface area contributed by atoms with Crippen molar-refractivity contribution < 1.29 is 4.79 Å². The number of aryl methyl sites for hydroxylation is 1. The number of carbonyl (C=O) groups excluding carboxylic acids is 1. The van der Waals surface area contributed by atoms with E-state index in [1.165, 1.54) is 11.6 Å². The number of rotatable bonds is 2. The van der Waals surface area contributed by atoms with Crippen LogP contribution in [0.15, 0.2) is 18.7 Å². The minimum atomic E-state index is -0.112. The summed E-state index contributed by atoms with van der Waals surface area (Å²) in [6.07, 6.45) is 2.27. The lowest BCUT2D eigenvalue weighted by Gasteiger charge is -2.22. The lowest BCUT2D eigenvalue weighted by Crippen LogP contribution is -2.28. The van der Waals surface area contributed by atoms with Gasteiger partial charge in [-0.2, -0.15) is 0 Å². The molecule has 2 heterocycles. The molecule has 0 aliphatic carbocycles. The first-order valence-corrected chi connectivity index (χ1v) is 5.73. The Morgan fingerprint density at radius 1 is 1.65 bits per heavy atom. The number of nitrogens with zero attached hydrogens (tertiary/aromatic N) is 2. The molecule has 0 spiro atoms. The van der Waals surface area contributed by atoms with Crippen molar-refractivity contribution in [1.29, 1.82) is 0 Å². The summed E-state index contributed by atoms with van der Waals surface area (Å²) in [4.78, 5) is 17.8. The van der Waals surface area contributed by atoms with Crippen LogP contribution in [0.2, 0.25) is 0 Å². The fourth-order valence-corrected chi connectivity index (χ4v) is 2.08. The second-order valence-corrected chi connectivity index (χ2v) is 4.23. The molecule has 0 saturated carbocycles. The van der Waals surface area contributed by atoms with Gasteiger partial charge in [0, 0.05) is 32.3 Å². The summed E-state index contributed by atoms with van der Waals surface area (Å²) in [5.74, 6) is -0.112. The van der Waals surface area contributed by atoms with E-state index in [0.717, 1.165) is 36.6 Å². The van der Waals surface area contributed by atoms with Crippen LogP contribution in [0, 0.1) is 6.92 Å². The van der Waals surface area contributed by atoms with Gasteiger partial charge in [-0.15, -0.1) is 0 Å². The SMILES string of the molecule is C=CC(=O)N(C)c1cc2c(nc1C)CCNC2. The first-order chi connectivity index (χ1) is 8.13. The summed E-state index contributed by atoms with van der Waals surface area (Å²) in [5, 5.41) is 3.31. The summed E-state index contributed by atoms with van der Waals surface area (Å²) in [6.45, 7) is 7.23. The van der Waals surface area contributed by atoms with Crippen molar-refractivity contribution in [2.45, 2.75) is 19.9 Å². The van der Waals surface area contributed by atoms with Gasteiger partial charge in [-0.25, -0.2) is 0 Å². The van der Waals surface area contributed by atoms with Crippen molar-refractivity contribution >= 4 is 11.6 Å². The Balaban J connectivity index is 2.41. The number of likely N-dealkylation sites (N-methyl/N-ethyl adjacent to an activating group) is 1. The van der Waals surface area contributed by atoms with E-state index in [1.54, 1.807) is 11.9 Å². The van der Waals surface area contributed by atoms with Gasteiger partial charge in [0.05, 0.1) is 11.4 Å². The molecule has 0 atom stereocenters. The van der Waals surface area contributed by atoms with E-state index in [2.05, 4.69) is 16.9 Å². The van der Waals surface area contributed by atoms with Crippen LogP contribution >= 0.6 is 0 Å². The van der Waals surface area contributed by atoms with Gasteiger partial charge >= 0.3 is 0 Å². The summed E-state index contributed by atoms with van der Waals surface area (Å²) < 4.78 is 0. The molecule has 0 saturated heterocycles. The standard InChI is InChI=1S/C13H17N3O/c1-4-13(17)16(3)12-7-10-8-14-6-5-11(10)15-9(12)2/h4,7,14H,1,5-6,8H2,2-3H3. The largest absolute Gasteiger partial charge is 0.312 e. The molecule has 0 aromatic carbocycles. The smallest absolute Gasteiger partial charge is 0.250 e. The van der Waals surface area contributed by atoms with Gasteiger partial charge in [-0.3, -0.25) is 9.78 Å². The average molecular weight is 231 g/mol. The third-order valence-electron chi connectivity index (χ3n) is 3.08. The fourth-order valence-electron chi connectivity index (χ4n) is 2.08. The quantitative estimate of drug-likeness (QED) is 0.777. The molecule has 0 fully saturated rings. The van der Waals surface area contributed by atoms with Crippen LogP contribution in [0.25, 0.3) is 0 Å². The number of fused-ring (bicyclic) bond motifs is 1. The topological polar surface area (TPSA) is 45.2 Å². The first-order valence-electron chi connectivity index (χ1n) is 5.73. The maximum Gasteiger partial charge on any atom is 0.250 e. The highest BCUT2D eigenvalue weighted by Crippen LogP contribution is 2.23. The highest BCUT2D eigenvalue weighted by molar-refractivity contribution is 6.01. The van der Waals surface area contributed by atoms with Crippen LogP contribution in [-0.2, 0) is 17.8 Å². The van der Waals surface area contributed by atoms with Crippen LogP contribution in [0.5, 0.6) is 0 Å². The maximum absolute atomic E-state index is 11.6. The van der Waals surface area contributed by atoms with Crippen molar-refractivity contribution in [2.75, 3.05) is 18.5 Å². The minimum absolute atomic E-state index is 0.112. The van der Waals surface area contributed by atoms with Crippen molar-refractivity contribution in [3.8, 4) is 0 Å². The van der Waals surface area contributed by atoms with E-state index in [9.17, 15) is 4.79 Å². The lowest BCUT2D eigenvalue weighted by molar-refractivity contribution is -0.113. The molecule has 4 heteroatoms. The van der Waals surface area contributed by atoms with E-state index in [1.807, 2.05) is 13.0 Å². The highest BCUT2D eigenvalue weighted by Gasteiger charge is 2.16. The molecule has 2 rings (SSSR count). The molecular formula is C13H17N3O. The molecule has 1 aromatic rings. The number of hydrogen-bond donors (Lipinski definition) is 1. The molecule has 17 heavy (non-hydrogen) atoms. The second kappa shape index (κ2) is 4.67.